The van der Waals surface area contributed by atoms with E-state index in [1.54, 1.807) is 30.2 Å². The number of rotatable bonds is 8. The van der Waals surface area contributed by atoms with Crippen LogP contribution in [0.4, 0.5) is 5.13 Å². The molecule has 0 N–H and O–H groups in total. The molecule has 2 heterocycles. The summed E-state index contributed by atoms with van der Waals surface area (Å²) in [6, 6.07) is 15.6. The number of nitrogens with zero attached hydrogens (tertiary/aromatic N) is 3. The Morgan fingerprint density at radius 3 is 2.64 bits per heavy atom. The number of sulfone groups is 1. The first kappa shape index (κ1) is 23.7. The lowest BCUT2D eigenvalue weighted by Gasteiger charge is -2.20. The molecule has 2 aromatic heterocycles. The molecule has 33 heavy (non-hydrogen) atoms. The number of pyridine rings is 1. The SMILES string of the molecule is CSc1ccc2nc(N(Cc3cccnc3)C(=O)CCS(=O)(=O)c3ccc(Cl)cc3)sc2c1. The number of anilines is 1. The third kappa shape index (κ3) is 5.73. The van der Waals surface area contributed by atoms with Gasteiger partial charge in [0.15, 0.2) is 15.0 Å². The summed E-state index contributed by atoms with van der Waals surface area (Å²) in [5, 5.41) is 0.981. The number of hydrogen-bond acceptors (Lipinski definition) is 7. The highest BCUT2D eigenvalue weighted by Gasteiger charge is 2.24. The topological polar surface area (TPSA) is 80.2 Å². The summed E-state index contributed by atoms with van der Waals surface area (Å²) in [6.07, 6.45) is 5.18. The van der Waals surface area contributed by atoms with E-state index in [1.807, 2.05) is 30.5 Å². The maximum absolute atomic E-state index is 13.3. The van der Waals surface area contributed by atoms with Crippen LogP contribution in [0.25, 0.3) is 10.2 Å². The molecule has 0 fully saturated rings. The molecular formula is C23H20ClN3O3S3. The van der Waals surface area contributed by atoms with Gasteiger partial charge in [-0.3, -0.25) is 14.7 Å². The minimum Gasteiger partial charge on any atom is -0.284 e. The Hall–Kier alpha value is -2.46. The highest BCUT2D eigenvalue weighted by atomic mass is 35.5. The third-order valence-electron chi connectivity index (χ3n) is 4.94. The second-order valence-corrected chi connectivity index (χ2v) is 11.6. The van der Waals surface area contributed by atoms with Gasteiger partial charge in [0.1, 0.15) is 0 Å². The van der Waals surface area contributed by atoms with Gasteiger partial charge in [-0.2, -0.15) is 0 Å². The number of hydrogen-bond donors (Lipinski definition) is 0. The Morgan fingerprint density at radius 2 is 1.94 bits per heavy atom. The number of carbonyl (C=O) groups excluding carboxylic acids is 1. The summed E-state index contributed by atoms with van der Waals surface area (Å²) in [6.45, 7) is 0.253. The Kier molecular flexibility index (Phi) is 7.33. The number of thiazole rings is 1. The van der Waals surface area contributed by atoms with E-state index < -0.39 is 9.84 Å². The van der Waals surface area contributed by atoms with E-state index >= 15 is 0 Å². The largest absolute Gasteiger partial charge is 0.284 e. The zero-order valence-corrected chi connectivity index (χ0v) is 20.8. The van der Waals surface area contributed by atoms with E-state index in [0.717, 1.165) is 20.7 Å². The number of aromatic nitrogens is 2. The summed E-state index contributed by atoms with van der Waals surface area (Å²) in [4.78, 5) is 24.8. The van der Waals surface area contributed by atoms with Crippen molar-refractivity contribution in [3.63, 3.8) is 0 Å². The van der Waals surface area contributed by atoms with Crippen molar-refractivity contribution in [3.05, 3.63) is 77.6 Å². The van der Waals surface area contributed by atoms with Crippen molar-refractivity contribution in [3.8, 4) is 0 Å². The molecule has 0 saturated heterocycles. The van der Waals surface area contributed by atoms with E-state index in [2.05, 4.69) is 9.97 Å². The van der Waals surface area contributed by atoms with Crippen molar-refractivity contribution in [2.45, 2.75) is 22.8 Å². The molecule has 6 nitrogen and oxygen atoms in total. The van der Waals surface area contributed by atoms with E-state index in [-0.39, 0.29) is 29.5 Å². The lowest BCUT2D eigenvalue weighted by Crippen LogP contribution is -2.31. The van der Waals surface area contributed by atoms with Crippen LogP contribution >= 0.6 is 34.7 Å². The van der Waals surface area contributed by atoms with Gasteiger partial charge in [0, 0.05) is 28.7 Å². The number of thioether (sulfide) groups is 1. The average molecular weight is 518 g/mol. The zero-order chi connectivity index (χ0) is 23.4. The Labute approximate surface area is 205 Å². The maximum Gasteiger partial charge on any atom is 0.230 e. The second-order valence-electron chi connectivity index (χ2n) is 7.19. The molecule has 1 amide bonds. The van der Waals surface area contributed by atoms with Gasteiger partial charge in [0.05, 0.1) is 27.4 Å². The molecule has 0 radical (unpaired) electrons. The van der Waals surface area contributed by atoms with E-state index in [1.165, 1.54) is 40.5 Å². The average Bonchev–Trinajstić information content (AvgIpc) is 3.25. The van der Waals surface area contributed by atoms with Gasteiger partial charge in [-0.15, -0.1) is 11.8 Å². The standard InChI is InChI=1S/C23H20ClN3O3S3/c1-31-18-6-9-20-21(13-18)32-23(26-20)27(15-16-3-2-11-25-14-16)22(28)10-12-33(29,30)19-7-4-17(24)5-8-19/h2-9,11,13-14H,10,12,15H2,1H3. The minimum atomic E-state index is -3.63. The van der Waals surface area contributed by atoms with E-state index in [4.69, 9.17) is 11.6 Å². The number of benzene rings is 2. The van der Waals surface area contributed by atoms with Crippen LogP contribution in [0.5, 0.6) is 0 Å². The fourth-order valence-corrected chi connectivity index (χ4v) is 6.08. The van der Waals surface area contributed by atoms with Gasteiger partial charge in [-0.05, 0) is 60.4 Å². The van der Waals surface area contributed by atoms with Crippen molar-refractivity contribution < 1.29 is 13.2 Å². The van der Waals surface area contributed by atoms with Gasteiger partial charge in [-0.25, -0.2) is 13.4 Å². The summed E-state index contributed by atoms with van der Waals surface area (Å²) in [5.74, 6) is -0.626. The second kappa shape index (κ2) is 10.2. The van der Waals surface area contributed by atoms with Crippen LogP contribution in [0.1, 0.15) is 12.0 Å². The molecule has 0 aliphatic carbocycles. The Balaban J connectivity index is 1.60. The van der Waals surface area contributed by atoms with Crippen molar-refractivity contribution >= 4 is 65.8 Å². The monoisotopic (exact) mass is 517 g/mol. The molecule has 4 aromatic rings. The lowest BCUT2D eigenvalue weighted by molar-refractivity contribution is -0.118. The molecule has 0 unspecified atom stereocenters. The molecule has 0 spiro atoms. The third-order valence-corrected chi connectivity index (χ3v) is 8.69. The fraction of sp³-hybridized carbons (Fsp3) is 0.174. The van der Waals surface area contributed by atoms with Crippen molar-refractivity contribution in [2.24, 2.45) is 0 Å². The van der Waals surface area contributed by atoms with Gasteiger partial charge in [0.2, 0.25) is 5.91 Å². The van der Waals surface area contributed by atoms with E-state index in [9.17, 15) is 13.2 Å². The quantitative estimate of drug-likeness (QED) is 0.288. The first-order valence-corrected chi connectivity index (χ1v) is 14.0. The predicted molar refractivity (Wildman–Crippen MR) is 135 cm³/mol. The van der Waals surface area contributed by atoms with Gasteiger partial charge >= 0.3 is 0 Å². The van der Waals surface area contributed by atoms with Crippen molar-refractivity contribution in [1.29, 1.82) is 0 Å². The molecule has 0 saturated carbocycles. The minimum absolute atomic E-state index is 0.142. The Bertz CT molecular complexity index is 1370. The van der Waals surface area contributed by atoms with E-state index in [0.29, 0.717) is 10.2 Å². The molecule has 0 aliphatic heterocycles. The predicted octanol–water partition coefficient (Wildman–Crippen LogP) is 5.46. The fourth-order valence-electron chi connectivity index (χ4n) is 3.19. The number of amides is 1. The van der Waals surface area contributed by atoms with Crippen LogP contribution in [0.2, 0.25) is 5.02 Å². The van der Waals surface area contributed by atoms with Gasteiger partial charge in [0.25, 0.3) is 0 Å². The zero-order valence-electron chi connectivity index (χ0n) is 17.6. The van der Waals surface area contributed by atoms with Gasteiger partial charge < -0.3 is 0 Å². The highest BCUT2D eigenvalue weighted by molar-refractivity contribution is 7.98. The summed E-state index contributed by atoms with van der Waals surface area (Å²) < 4.78 is 26.4. The smallest absolute Gasteiger partial charge is 0.230 e. The highest BCUT2D eigenvalue weighted by Crippen LogP contribution is 2.32. The maximum atomic E-state index is 13.3. The number of halogens is 1. The lowest BCUT2D eigenvalue weighted by atomic mass is 10.2. The van der Waals surface area contributed by atoms with Crippen molar-refractivity contribution in [1.82, 2.24) is 9.97 Å². The van der Waals surface area contributed by atoms with Crippen LogP contribution in [0.3, 0.4) is 0 Å². The molecule has 2 aromatic carbocycles. The van der Waals surface area contributed by atoms with Crippen LogP contribution in [-0.4, -0.2) is 36.3 Å². The molecule has 0 aliphatic rings. The van der Waals surface area contributed by atoms with Crippen LogP contribution in [0.15, 0.2) is 76.8 Å². The van der Waals surface area contributed by atoms with Crippen LogP contribution in [-0.2, 0) is 21.2 Å². The number of carbonyl (C=O) groups is 1. The first-order chi connectivity index (χ1) is 15.9. The summed E-state index contributed by atoms with van der Waals surface area (Å²) >= 11 is 8.91. The summed E-state index contributed by atoms with van der Waals surface area (Å²) in [5.41, 5.74) is 1.63. The normalized spacial score (nSPS) is 11.6. The molecule has 4 rings (SSSR count). The van der Waals surface area contributed by atoms with Crippen LogP contribution < -0.4 is 4.90 Å². The van der Waals surface area contributed by atoms with Gasteiger partial charge in [-0.1, -0.05) is 29.0 Å². The van der Waals surface area contributed by atoms with Crippen LogP contribution in [0, 0.1) is 0 Å². The molecule has 0 bridgehead atoms. The Morgan fingerprint density at radius 1 is 1.15 bits per heavy atom. The summed E-state index contributed by atoms with van der Waals surface area (Å²) in [7, 11) is -3.63. The molecule has 170 valence electrons. The molecular weight excluding hydrogens is 498 g/mol. The first-order valence-electron chi connectivity index (χ1n) is 9.98. The molecule has 10 heteroatoms. The molecule has 0 atom stereocenters. The van der Waals surface area contributed by atoms with Crippen molar-refractivity contribution in [2.75, 3.05) is 16.9 Å². The number of fused-ring (bicyclic) bond motifs is 1.